The Bertz CT molecular complexity index is 2730. The lowest BCUT2D eigenvalue weighted by Crippen LogP contribution is -2.49. The summed E-state index contributed by atoms with van der Waals surface area (Å²) in [6, 6.07) is 14.1. The van der Waals surface area contributed by atoms with Crippen LogP contribution in [-0.4, -0.2) is 55.6 Å². The number of anilines is 2. The molecule has 9 rings (SSSR count). The van der Waals surface area contributed by atoms with Crippen molar-refractivity contribution in [3.63, 3.8) is 0 Å². The lowest BCUT2D eigenvalue weighted by Gasteiger charge is -2.49. The molecule has 59 heavy (non-hydrogen) atoms. The molecule has 0 radical (unpaired) electrons. The quantitative estimate of drug-likeness (QED) is 0.137. The number of phenolic OH excluding ortho intramolecular Hbond substituents is 1. The minimum absolute atomic E-state index is 0.0364. The second-order valence-electron chi connectivity index (χ2n) is 15.9. The molecular weight excluding hydrogens is 828 g/mol. The Labute approximate surface area is 349 Å². The van der Waals surface area contributed by atoms with E-state index in [2.05, 4.69) is 4.98 Å². The van der Waals surface area contributed by atoms with Crippen molar-refractivity contribution < 1.29 is 37.5 Å². The molecule has 2 saturated heterocycles. The molecule has 304 valence electrons. The van der Waals surface area contributed by atoms with Gasteiger partial charge in [-0.3, -0.25) is 28.9 Å². The normalized spacial score (nSPS) is 25.5. The van der Waals surface area contributed by atoms with Crippen LogP contribution in [0.2, 0.25) is 10.0 Å². The molecule has 0 unspecified atom stereocenters. The highest BCUT2D eigenvalue weighted by Gasteiger charge is 2.68. The van der Waals surface area contributed by atoms with Gasteiger partial charge in [-0.2, -0.15) is 23.3 Å². The molecule has 5 aromatic rings. The number of hydrogen-bond donors (Lipinski definition) is 1. The molecule has 2 aliphatic heterocycles. The van der Waals surface area contributed by atoms with E-state index >= 15 is 4.79 Å². The number of alkyl halides is 3. The number of imide groups is 2. The number of allylic oxidation sites excluding steroid dienone is 2. The van der Waals surface area contributed by atoms with Crippen LogP contribution in [0.1, 0.15) is 48.1 Å². The Morgan fingerprint density at radius 3 is 2.42 bits per heavy atom. The molecule has 4 amide bonds. The lowest BCUT2D eigenvalue weighted by molar-refractivity contribution is -0.141. The van der Waals surface area contributed by atoms with E-state index in [-0.39, 0.29) is 29.4 Å². The first kappa shape index (κ1) is 39.2. The minimum Gasteiger partial charge on any atom is -0.508 e. The largest absolute Gasteiger partial charge is 0.508 e. The van der Waals surface area contributed by atoms with Gasteiger partial charge in [0, 0.05) is 35.8 Å². The van der Waals surface area contributed by atoms with Crippen LogP contribution in [0.15, 0.2) is 66.2 Å². The van der Waals surface area contributed by atoms with Gasteiger partial charge in [-0.25, -0.2) is 9.88 Å². The fourth-order valence-corrected chi connectivity index (χ4v) is 11.4. The fraction of sp³-hybridized carbons (Fsp3) is 0.333. The maximum atomic E-state index is 15.1. The second kappa shape index (κ2) is 13.4. The van der Waals surface area contributed by atoms with Crippen molar-refractivity contribution >= 4 is 79.9 Å². The molecule has 2 aromatic carbocycles. The van der Waals surface area contributed by atoms with Crippen LogP contribution in [0.25, 0.3) is 20.7 Å². The number of thiophene rings is 1. The summed E-state index contributed by atoms with van der Waals surface area (Å²) in [6.07, 6.45) is -2.81. The Hall–Kier alpha value is -5.25. The second-order valence-corrected chi connectivity index (χ2v) is 17.8. The Morgan fingerprint density at radius 1 is 0.966 bits per heavy atom. The van der Waals surface area contributed by atoms with Gasteiger partial charge in [-0.05, 0) is 98.0 Å². The third-order valence-corrected chi connectivity index (χ3v) is 14.6. The number of amides is 4. The number of nitrogens with zero attached hydrogens (tertiary/aromatic N) is 6. The van der Waals surface area contributed by atoms with Gasteiger partial charge in [0.05, 0.1) is 33.1 Å². The zero-order valence-electron chi connectivity index (χ0n) is 32.1. The van der Waals surface area contributed by atoms with E-state index < -0.39 is 76.3 Å². The number of rotatable bonds is 5. The molecule has 6 atom stereocenters. The van der Waals surface area contributed by atoms with Crippen LogP contribution in [0.4, 0.5) is 24.8 Å². The van der Waals surface area contributed by atoms with E-state index in [0.29, 0.717) is 33.5 Å². The van der Waals surface area contributed by atoms with E-state index in [0.717, 1.165) is 36.6 Å². The van der Waals surface area contributed by atoms with Gasteiger partial charge in [-0.15, -0.1) is 11.3 Å². The Kier molecular flexibility index (Phi) is 8.90. The average molecular weight is 864 g/mol. The highest BCUT2D eigenvalue weighted by molar-refractivity contribution is 7.22. The number of aromatic nitrogens is 3. The number of aryl methyl sites for hydroxylation is 3. The molecular formula is C42H35Cl2F3N6O5S. The third kappa shape index (κ3) is 5.67. The Morgan fingerprint density at radius 2 is 1.71 bits per heavy atom. The van der Waals surface area contributed by atoms with Crippen LogP contribution < -0.4 is 9.91 Å². The maximum Gasteiger partial charge on any atom is 0.433 e. The Balaban J connectivity index is 1.13. The number of fused-ring (bicyclic) bond motifs is 5. The van der Waals surface area contributed by atoms with Gasteiger partial charge in [0.2, 0.25) is 11.8 Å². The number of carbonyl (C=O) groups excluding carboxylic acids is 4. The van der Waals surface area contributed by atoms with E-state index in [4.69, 9.17) is 28.3 Å². The van der Waals surface area contributed by atoms with E-state index in [1.807, 2.05) is 31.2 Å². The topological polar surface area (TPSA) is 129 Å². The van der Waals surface area contributed by atoms with Crippen molar-refractivity contribution in [2.24, 2.45) is 36.1 Å². The predicted molar refractivity (Wildman–Crippen MR) is 216 cm³/mol. The summed E-state index contributed by atoms with van der Waals surface area (Å²) in [4.78, 5) is 64.5. The van der Waals surface area contributed by atoms with Crippen LogP contribution in [0.3, 0.4) is 0 Å². The first-order chi connectivity index (χ1) is 27.8. The summed E-state index contributed by atoms with van der Waals surface area (Å²) >= 11 is 14.1. The minimum atomic E-state index is -4.81. The van der Waals surface area contributed by atoms with E-state index in [1.54, 1.807) is 39.1 Å². The van der Waals surface area contributed by atoms with Gasteiger partial charge in [-0.1, -0.05) is 47.0 Å². The predicted octanol–water partition coefficient (Wildman–Crippen LogP) is 8.63. The van der Waals surface area contributed by atoms with Crippen LogP contribution >= 0.6 is 34.5 Å². The van der Waals surface area contributed by atoms with Crippen LogP contribution in [0.5, 0.6) is 5.75 Å². The van der Waals surface area contributed by atoms with Crippen LogP contribution in [-0.2, 0) is 32.4 Å². The van der Waals surface area contributed by atoms with Gasteiger partial charge < -0.3 is 5.11 Å². The number of phenols is 1. The lowest BCUT2D eigenvalue weighted by atomic mass is 9.51. The number of carbonyl (C=O) groups is 4. The van der Waals surface area contributed by atoms with Crippen molar-refractivity contribution in [2.75, 3.05) is 17.0 Å². The smallest absolute Gasteiger partial charge is 0.433 e. The van der Waals surface area contributed by atoms with E-state index in [1.165, 1.54) is 34.0 Å². The summed E-state index contributed by atoms with van der Waals surface area (Å²) < 4.78 is 43.6. The summed E-state index contributed by atoms with van der Waals surface area (Å²) in [7, 11) is 2.92. The molecule has 1 N–H and O–H groups in total. The molecule has 0 spiro atoms. The summed E-state index contributed by atoms with van der Waals surface area (Å²) in [5, 5.41) is 18.4. The zero-order chi connectivity index (χ0) is 42.2. The third-order valence-electron chi connectivity index (χ3n) is 12.7. The molecule has 1 saturated carbocycles. The van der Waals surface area contributed by atoms with Crippen molar-refractivity contribution in [1.82, 2.24) is 19.8 Å². The number of hydrazine groups is 1. The van der Waals surface area contributed by atoms with Gasteiger partial charge >= 0.3 is 6.18 Å². The first-order valence-corrected chi connectivity index (χ1v) is 20.4. The number of aromatic hydroxyl groups is 1. The molecule has 5 heterocycles. The van der Waals surface area contributed by atoms with Gasteiger partial charge in [0.15, 0.2) is 5.82 Å². The number of pyridine rings is 1. The molecule has 17 heteroatoms. The standard InChI is InChI=1S/C42H35Cl2F3N6O5S/c1-18-14-20(6-11-29(18)54)34-22-8-9-23-33(39(57)53(37(23)55)51(5)36-27(44)10-13-31(48-36)42(45,46)47)25(22)16-26-38(56)52(40(58)41(26,34)3)32-17-28(49-50(32)4)35-19(2)24-15-21(43)7-12-30(24)59-35/h6-8,10-15,17,23,25-26,33-34,54H,9,16H2,1-5H3/t23-,25+,26-,33-,34-,41+/m0/s1. The van der Waals surface area contributed by atoms with Gasteiger partial charge in [0.25, 0.3) is 11.8 Å². The molecule has 11 nitrogen and oxygen atoms in total. The SMILES string of the molecule is Cc1cc([C@H]2C3=CC[C@@H]4C(=O)N(N(C)c5nc(C(F)(F)F)ccc5Cl)C(=O)[C@@H]4[C@@H]3C[C@H]3C(=O)N(c4cc(-c5sc6ccc(Cl)cc6c5C)nn4C)C(=O)[C@@]23C)ccc1O. The monoisotopic (exact) mass is 862 g/mol. The molecule has 4 aliphatic rings. The molecule has 0 bridgehead atoms. The van der Waals surface area contributed by atoms with Crippen molar-refractivity contribution in [2.45, 2.75) is 45.7 Å². The maximum absolute atomic E-state index is 15.1. The number of halogens is 5. The number of benzene rings is 2. The first-order valence-electron chi connectivity index (χ1n) is 18.8. The number of hydrogen-bond acceptors (Lipinski definition) is 9. The van der Waals surface area contributed by atoms with Crippen molar-refractivity contribution in [3.8, 4) is 16.3 Å². The summed E-state index contributed by atoms with van der Waals surface area (Å²) in [5.41, 5.74) is 0.771. The zero-order valence-corrected chi connectivity index (χ0v) is 34.5. The van der Waals surface area contributed by atoms with Crippen LogP contribution in [0, 0.1) is 42.9 Å². The van der Waals surface area contributed by atoms with Crippen molar-refractivity contribution in [3.05, 3.63) is 98.7 Å². The van der Waals surface area contributed by atoms with E-state index in [9.17, 15) is 32.7 Å². The average Bonchev–Trinajstić information content (AvgIpc) is 3.85. The molecule has 2 aliphatic carbocycles. The highest BCUT2D eigenvalue weighted by atomic mass is 35.5. The molecule has 3 aromatic heterocycles. The molecule has 3 fully saturated rings. The highest BCUT2D eigenvalue weighted by Crippen LogP contribution is 2.64. The summed E-state index contributed by atoms with van der Waals surface area (Å²) in [5.74, 6) is -6.74. The van der Waals surface area contributed by atoms with Gasteiger partial charge in [0.1, 0.15) is 23.0 Å². The summed E-state index contributed by atoms with van der Waals surface area (Å²) in [6.45, 7) is 5.44. The van der Waals surface area contributed by atoms with Crippen molar-refractivity contribution in [1.29, 1.82) is 0 Å². The fourth-order valence-electron chi connectivity index (χ4n) is 9.88.